The molecule has 0 spiro atoms. The van der Waals surface area contributed by atoms with Gasteiger partial charge in [-0.05, 0) is 50.3 Å². The molecule has 1 aliphatic carbocycles. The number of nitrogens with zero attached hydrogens (tertiary/aromatic N) is 1. The van der Waals surface area contributed by atoms with Crippen molar-refractivity contribution in [2.24, 2.45) is 5.92 Å². The fourth-order valence-corrected chi connectivity index (χ4v) is 3.27. The number of amides is 2. The highest BCUT2D eigenvalue weighted by molar-refractivity contribution is 5.74. The second-order valence-corrected chi connectivity index (χ2v) is 6.78. The third-order valence-corrected chi connectivity index (χ3v) is 4.77. The number of aryl methyl sites for hydroxylation is 2. The van der Waals surface area contributed by atoms with Crippen LogP contribution in [0.4, 0.5) is 9.18 Å². The average molecular weight is 322 g/mol. The summed E-state index contributed by atoms with van der Waals surface area (Å²) in [6, 6.07) is 3.18. The first-order chi connectivity index (χ1) is 10.8. The van der Waals surface area contributed by atoms with Gasteiger partial charge in [-0.25, -0.2) is 9.18 Å². The molecular weight excluding hydrogens is 295 g/mol. The van der Waals surface area contributed by atoms with E-state index in [0.29, 0.717) is 17.7 Å². The van der Waals surface area contributed by atoms with Crippen LogP contribution in [0.1, 0.15) is 48.9 Å². The summed E-state index contributed by atoms with van der Waals surface area (Å²) >= 11 is 0. The molecule has 1 aliphatic rings. The molecular formula is C18H27FN2O2. The molecule has 2 N–H and O–H groups in total. The van der Waals surface area contributed by atoms with E-state index >= 15 is 0 Å². The molecule has 3 atom stereocenters. The molecule has 0 heterocycles. The van der Waals surface area contributed by atoms with Crippen LogP contribution in [0, 0.1) is 25.6 Å². The van der Waals surface area contributed by atoms with Crippen LogP contribution in [0.15, 0.2) is 12.1 Å². The van der Waals surface area contributed by atoms with Gasteiger partial charge in [0.1, 0.15) is 5.82 Å². The maximum absolute atomic E-state index is 13.7. The number of urea groups is 1. The van der Waals surface area contributed by atoms with E-state index in [2.05, 4.69) is 5.32 Å². The predicted molar refractivity (Wildman–Crippen MR) is 88.8 cm³/mol. The van der Waals surface area contributed by atoms with E-state index in [9.17, 15) is 14.3 Å². The summed E-state index contributed by atoms with van der Waals surface area (Å²) in [7, 11) is 1.74. The molecule has 1 saturated carbocycles. The van der Waals surface area contributed by atoms with Crippen molar-refractivity contribution in [1.29, 1.82) is 0 Å². The number of hydrogen-bond acceptors (Lipinski definition) is 2. The van der Waals surface area contributed by atoms with E-state index in [1.807, 2.05) is 6.92 Å². The van der Waals surface area contributed by atoms with Crippen molar-refractivity contribution in [2.75, 3.05) is 13.6 Å². The second kappa shape index (κ2) is 7.30. The van der Waals surface area contributed by atoms with E-state index < -0.39 is 0 Å². The first kappa shape index (κ1) is 17.7. The Labute approximate surface area is 137 Å². The van der Waals surface area contributed by atoms with Gasteiger partial charge in [-0.2, -0.15) is 0 Å². The molecule has 1 fully saturated rings. The number of halogens is 1. The number of rotatable bonds is 4. The number of benzene rings is 1. The van der Waals surface area contributed by atoms with Crippen LogP contribution in [0.5, 0.6) is 0 Å². The van der Waals surface area contributed by atoms with Gasteiger partial charge < -0.3 is 15.3 Å². The highest BCUT2D eigenvalue weighted by Crippen LogP contribution is 2.26. The lowest BCUT2D eigenvalue weighted by Crippen LogP contribution is -2.42. The Morgan fingerprint density at radius 2 is 2.00 bits per heavy atom. The Morgan fingerprint density at radius 1 is 1.39 bits per heavy atom. The van der Waals surface area contributed by atoms with Crippen molar-refractivity contribution in [1.82, 2.24) is 10.2 Å². The van der Waals surface area contributed by atoms with Crippen molar-refractivity contribution in [3.05, 3.63) is 34.6 Å². The van der Waals surface area contributed by atoms with Crippen LogP contribution in [0.25, 0.3) is 0 Å². The first-order valence-corrected chi connectivity index (χ1v) is 8.26. The molecule has 0 aromatic heterocycles. The van der Waals surface area contributed by atoms with Gasteiger partial charge in [0, 0.05) is 19.5 Å². The first-order valence-electron chi connectivity index (χ1n) is 8.26. The maximum atomic E-state index is 13.7. The smallest absolute Gasteiger partial charge is 0.317 e. The van der Waals surface area contributed by atoms with E-state index in [-0.39, 0.29) is 29.9 Å². The third-order valence-electron chi connectivity index (χ3n) is 4.77. The van der Waals surface area contributed by atoms with Crippen molar-refractivity contribution in [3.8, 4) is 0 Å². The Bertz CT molecular complexity index is 553. The molecule has 2 rings (SSSR count). The van der Waals surface area contributed by atoms with Crippen LogP contribution in [-0.2, 0) is 0 Å². The maximum Gasteiger partial charge on any atom is 0.317 e. The largest absolute Gasteiger partial charge is 0.393 e. The third kappa shape index (κ3) is 4.22. The second-order valence-electron chi connectivity index (χ2n) is 6.78. The fourth-order valence-electron chi connectivity index (χ4n) is 3.27. The Balaban J connectivity index is 1.96. The number of carbonyl (C=O) groups is 1. The van der Waals surface area contributed by atoms with Crippen LogP contribution in [0.2, 0.25) is 0 Å². The molecule has 0 aliphatic heterocycles. The molecule has 128 valence electrons. The minimum Gasteiger partial charge on any atom is -0.393 e. The summed E-state index contributed by atoms with van der Waals surface area (Å²) in [5.74, 6) is -0.0315. The highest BCUT2D eigenvalue weighted by atomic mass is 19.1. The fraction of sp³-hybridized carbons (Fsp3) is 0.611. The summed E-state index contributed by atoms with van der Waals surface area (Å²) in [5, 5.41) is 12.8. The summed E-state index contributed by atoms with van der Waals surface area (Å²) < 4.78 is 13.7. The molecule has 3 unspecified atom stereocenters. The number of carbonyl (C=O) groups excluding carboxylic acids is 1. The van der Waals surface area contributed by atoms with Crippen LogP contribution in [-0.4, -0.2) is 35.7 Å². The SMILES string of the molecule is Cc1cc(C(C)NC(=O)N(C)CC2CCCC2O)cc(C)c1F. The van der Waals surface area contributed by atoms with Gasteiger partial charge in [-0.3, -0.25) is 0 Å². The van der Waals surface area contributed by atoms with Gasteiger partial charge in [-0.1, -0.05) is 18.6 Å². The van der Waals surface area contributed by atoms with Gasteiger partial charge in [0.2, 0.25) is 0 Å². The van der Waals surface area contributed by atoms with E-state index in [0.717, 1.165) is 24.8 Å². The van der Waals surface area contributed by atoms with Crippen LogP contribution >= 0.6 is 0 Å². The molecule has 5 heteroatoms. The van der Waals surface area contributed by atoms with Crippen LogP contribution < -0.4 is 5.32 Å². The zero-order valence-corrected chi connectivity index (χ0v) is 14.4. The lowest BCUT2D eigenvalue weighted by atomic mass is 10.0. The molecule has 23 heavy (non-hydrogen) atoms. The van der Waals surface area contributed by atoms with Crippen molar-refractivity contribution >= 4 is 6.03 Å². The number of aliphatic hydroxyl groups is 1. The monoisotopic (exact) mass is 322 g/mol. The molecule has 0 radical (unpaired) electrons. The Kier molecular flexibility index (Phi) is 5.63. The summed E-state index contributed by atoms with van der Waals surface area (Å²) in [5.41, 5.74) is 2.07. The molecule has 1 aromatic carbocycles. The summed E-state index contributed by atoms with van der Waals surface area (Å²) in [4.78, 5) is 13.9. The zero-order valence-electron chi connectivity index (χ0n) is 14.4. The minimum absolute atomic E-state index is 0.163. The molecule has 0 bridgehead atoms. The number of hydrogen-bond donors (Lipinski definition) is 2. The lowest BCUT2D eigenvalue weighted by molar-refractivity contribution is 0.113. The summed E-state index contributed by atoms with van der Waals surface area (Å²) in [6.07, 6.45) is 2.51. The van der Waals surface area contributed by atoms with Gasteiger partial charge in [0.15, 0.2) is 0 Å². The van der Waals surface area contributed by atoms with Crippen molar-refractivity contribution in [3.63, 3.8) is 0 Å². The topological polar surface area (TPSA) is 52.6 Å². The highest BCUT2D eigenvalue weighted by Gasteiger charge is 2.27. The molecule has 1 aromatic rings. The Morgan fingerprint density at radius 3 is 2.52 bits per heavy atom. The van der Waals surface area contributed by atoms with E-state index in [4.69, 9.17) is 0 Å². The zero-order chi connectivity index (χ0) is 17.1. The lowest BCUT2D eigenvalue weighted by Gasteiger charge is -2.25. The normalized spacial score (nSPS) is 22.0. The van der Waals surface area contributed by atoms with E-state index in [1.54, 1.807) is 37.9 Å². The van der Waals surface area contributed by atoms with Gasteiger partial charge >= 0.3 is 6.03 Å². The van der Waals surface area contributed by atoms with Gasteiger partial charge in [0.05, 0.1) is 12.1 Å². The quantitative estimate of drug-likeness (QED) is 0.893. The molecule has 4 nitrogen and oxygen atoms in total. The van der Waals surface area contributed by atoms with Crippen molar-refractivity contribution < 1.29 is 14.3 Å². The summed E-state index contributed by atoms with van der Waals surface area (Å²) in [6.45, 7) is 5.91. The molecule has 2 amide bonds. The minimum atomic E-state index is -0.301. The van der Waals surface area contributed by atoms with Gasteiger partial charge in [-0.15, -0.1) is 0 Å². The van der Waals surface area contributed by atoms with E-state index in [1.165, 1.54) is 0 Å². The number of aliphatic hydroxyl groups excluding tert-OH is 1. The predicted octanol–water partition coefficient (Wildman–Crippen LogP) is 3.31. The van der Waals surface area contributed by atoms with Crippen molar-refractivity contribution in [2.45, 2.75) is 52.2 Å². The number of nitrogens with one attached hydrogen (secondary N) is 1. The standard InChI is InChI=1S/C18H27FN2O2/c1-11-8-15(9-12(2)17(11)19)13(3)20-18(23)21(4)10-14-6-5-7-16(14)22/h8-9,13-14,16,22H,5-7,10H2,1-4H3,(H,20,23). The molecule has 0 saturated heterocycles. The van der Waals surface area contributed by atoms with Gasteiger partial charge in [0.25, 0.3) is 0 Å². The Hall–Kier alpha value is -1.62. The van der Waals surface area contributed by atoms with Crippen LogP contribution in [0.3, 0.4) is 0 Å². The average Bonchev–Trinajstić information content (AvgIpc) is 2.89.